The van der Waals surface area contributed by atoms with Crippen molar-refractivity contribution in [1.29, 1.82) is 0 Å². The molecule has 22 heavy (non-hydrogen) atoms. The molecule has 0 bridgehead atoms. The lowest BCUT2D eigenvalue weighted by Crippen LogP contribution is -2.33. The minimum atomic E-state index is 0. The number of hydrogen-bond donors (Lipinski definition) is 1. The van der Waals surface area contributed by atoms with Crippen molar-refractivity contribution >= 4 is 18.3 Å². The van der Waals surface area contributed by atoms with Gasteiger partial charge in [-0.15, -0.1) is 12.4 Å². The van der Waals surface area contributed by atoms with Gasteiger partial charge >= 0.3 is 0 Å². The molecule has 0 aliphatic carbocycles. The summed E-state index contributed by atoms with van der Waals surface area (Å²) in [7, 11) is 1.61. The Morgan fingerprint density at radius 2 is 2.00 bits per heavy atom. The van der Waals surface area contributed by atoms with Crippen LogP contribution in [0.1, 0.15) is 11.5 Å². The number of carbonyl (C=O) groups is 1. The van der Waals surface area contributed by atoms with Gasteiger partial charge < -0.3 is 20.1 Å². The van der Waals surface area contributed by atoms with E-state index >= 15 is 0 Å². The molecule has 1 amide bonds. The normalized spacial score (nSPS) is 20.7. The van der Waals surface area contributed by atoms with Crippen molar-refractivity contribution in [3.8, 4) is 0 Å². The smallest absolute Gasteiger partial charge is 0.248 e. The molecule has 2 N–H and O–H groups in total. The van der Waals surface area contributed by atoms with Gasteiger partial charge in [0.05, 0.1) is 13.2 Å². The first-order valence-corrected chi connectivity index (χ1v) is 7.35. The van der Waals surface area contributed by atoms with Crippen LogP contribution in [0.2, 0.25) is 0 Å². The lowest BCUT2D eigenvalue weighted by atomic mass is 9.89. The van der Waals surface area contributed by atoms with Crippen LogP contribution in [0.3, 0.4) is 0 Å². The van der Waals surface area contributed by atoms with Crippen molar-refractivity contribution in [2.45, 2.75) is 5.92 Å². The van der Waals surface area contributed by atoms with Crippen LogP contribution in [0, 0.1) is 5.92 Å². The second-order valence-electron chi connectivity index (χ2n) is 5.36. The highest BCUT2D eigenvalue weighted by atomic mass is 35.5. The van der Waals surface area contributed by atoms with Crippen LogP contribution in [0.4, 0.5) is 0 Å². The van der Waals surface area contributed by atoms with Gasteiger partial charge in [-0.05, 0) is 18.0 Å². The van der Waals surface area contributed by atoms with Crippen molar-refractivity contribution in [2.24, 2.45) is 11.7 Å². The molecule has 1 saturated heterocycles. The maximum absolute atomic E-state index is 12.2. The number of likely N-dealkylation sites (tertiary alicyclic amines) is 1. The third kappa shape index (κ3) is 4.95. The number of amides is 1. The highest BCUT2D eigenvalue weighted by Gasteiger charge is 2.35. The molecule has 1 aromatic carbocycles. The van der Waals surface area contributed by atoms with Crippen molar-refractivity contribution in [3.63, 3.8) is 0 Å². The molecule has 0 unspecified atom stereocenters. The van der Waals surface area contributed by atoms with E-state index in [1.807, 2.05) is 23.1 Å². The lowest BCUT2D eigenvalue weighted by Gasteiger charge is -2.17. The fourth-order valence-corrected chi connectivity index (χ4v) is 2.78. The number of benzene rings is 1. The second-order valence-corrected chi connectivity index (χ2v) is 5.36. The summed E-state index contributed by atoms with van der Waals surface area (Å²) in [5, 5.41) is 0. The van der Waals surface area contributed by atoms with E-state index in [0.717, 1.165) is 6.54 Å². The van der Waals surface area contributed by atoms with Crippen LogP contribution in [-0.4, -0.2) is 57.4 Å². The molecule has 0 radical (unpaired) electrons. The topological polar surface area (TPSA) is 64.8 Å². The molecule has 0 aromatic heterocycles. The Morgan fingerprint density at radius 1 is 1.27 bits per heavy atom. The van der Waals surface area contributed by atoms with Gasteiger partial charge in [0.25, 0.3) is 0 Å². The number of nitrogens with two attached hydrogens (primary N) is 1. The third-order valence-electron chi connectivity index (χ3n) is 3.98. The number of nitrogens with zero attached hydrogens (tertiary/aromatic N) is 1. The van der Waals surface area contributed by atoms with Gasteiger partial charge in [0, 0.05) is 26.1 Å². The summed E-state index contributed by atoms with van der Waals surface area (Å²) < 4.78 is 10.2. The molecule has 124 valence electrons. The molecule has 0 saturated carbocycles. The molecule has 1 aliphatic heterocycles. The molecule has 6 heteroatoms. The molecule has 2 atom stereocenters. The van der Waals surface area contributed by atoms with Gasteiger partial charge in [-0.2, -0.15) is 0 Å². The minimum absolute atomic E-state index is 0. The Kier molecular flexibility index (Phi) is 8.42. The standard InChI is InChI=1S/C16H24N2O3.ClH/c1-20-7-8-21-12-16(19)18-10-14(9-17)15(11-18)13-5-3-2-4-6-13;/h2-6,14-15H,7-12,17H2,1H3;1H/t14-,15+;/m1./s1. The predicted octanol–water partition coefficient (Wildman–Crippen LogP) is 1.27. The van der Waals surface area contributed by atoms with Crippen LogP contribution in [0.15, 0.2) is 30.3 Å². The van der Waals surface area contributed by atoms with E-state index in [9.17, 15) is 4.79 Å². The number of hydrogen-bond acceptors (Lipinski definition) is 4. The summed E-state index contributed by atoms with van der Waals surface area (Å²) >= 11 is 0. The molecule has 1 aromatic rings. The molecule has 5 nitrogen and oxygen atoms in total. The van der Waals surface area contributed by atoms with Crippen LogP contribution < -0.4 is 5.73 Å². The quantitative estimate of drug-likeness (QED) is 0.766. The Bertz CT molecular complexity index is 444. The van der Waals surface area contributed by atoms with E-state index < -0.39 is 0 Å². The van der Waals surface area contributed by atoms with E-state index in [1.165, 1.54) is 5.56 Å². The first kappa shape index (κ1) is 18.9. The number of rotatable bonds is 7. The average Bonchev–Trinajstić information content (AvgIpc) is 2.96. The maximum Gasteiger partial charge on any atom is 0.248 e. The maximum atomic E-state index is 12.2. The zero-order chi connectivity index (χ0) is 15.1. The molecular weight excluding hydrogens is 304 g/mol. The van der Waals surface area contributed by atoms with Gasteiger partial charge in [-0.3, -0.25) is 4.79 Å². The summed E-state index contributed by atoms with van der Waals surface area (Å²) in [4.78, 5) is 14.0. The molecule has 2 rings (SSSR count). The molecule has 1 fully saturated rings. The SMILES string of the molecule is COCCOCC(=O)N1C[C@@H](CN)[C@H](c2ccccc2)C1.Cl. The Hall–Kier alpha value is -1.14. The fourth-order valence-electron chi connectivity index (χ4n) is 2.78. The highest BCUT2D eigenvalue weighted by Crippen LogP contribution is 2.31. The summed E-state index contributed by atoms with van der Waals surface area (Å²) in [6.07, 6.45) is 0. The summed E-state index contributed by atoms with van der Waals surface area (Å²) in [6, 6.07) is 10.3. The number of halogens is 1. The van der Waals surface area contributed by atoms with E-state index in [4.69, 9.17) is 15.2 Å². The average molecular weight is 329 g/mol. The minimum Gasteiger partial charge on any atom is -0.382 e. The summed E-state index contributed by atoms with van der Waals surface area (Å²) in [5.41, 5.74) is 7.13. The van der Waals surface area contributed by atoms with Crippen LogP contribution in [0.5, 0.6) is 0 Å². The van der Waals surface area contributed by atoms with Crippen molar-refractivity contribution < 1.29 is 14.3 Å². The van der Waals surface area contributed by atoms with Gasteiger partial charge in [-0.25, -0.2) is 0 Å². The Balaban J connectivity index is 0.00000242. The summed E-state index contributed by atoms with van der Waals surface area (Å²) in [6.45, 7) is 3.08. The zero-order valence-electron chi connectivity index (χ0n) is 12.9. The van der Waals surface area contributed by atoms with E-state index in [1.54, 1.807) is 7.11 Å². The molecule has 1 heterocycles. The zero-order valence-corrected chi connectivity index (χ0v) is 13.8. The Morgan fingerprint density at radius 3 is 2.64 bits per heavy atom. The van der Waals surface area contributed by atoms with Gasteiger partial charge in [0.15, 0.2) is 0 Å². The fraction of sp³-hybridized carbons (Fsp3) is 0.562. The Labute approximate surface area is 138 Å². The van der Waals surface area contributed by atoms with Gasteiger partial charge in [-0.1, -0.05) is 30.3 Å². The second kappa shape index (κ2) is 9.79. The number of methoxy groups -OCH3 is 1. The van der Waals surface area contributed by atoms with Gasteiger partial charge in [0.2, 0.25) is 5.91 Å². The molecule has 1 aliphatic rings. The van der Waals surface area contributed by atoms with E-state index in [2.05, 4.69) is 12.1 Å². The largest absolute Gasteiger partial charge is 0.382 e. The van der Waals surface area contributed by atoms with Crippen LogP contribution in [-0.2, 0) is 14.3 Å². The van der Waals surface area contributed by atoms with Crippen molar-refractivity contribution in [2.75, 3.05) is 46.6 Å². The van der Waals surface area contributed by atoms with E-state index in [0.29, 0.717) is 38.1 Å². The number of ether oxygens (including phenoxy) is 2. The van der Waals surface area contributed by atoms with Gasteiger partial charge in [0.1, 0.15) is 6.61 Å². The first-order valence-electron chi connectivity index (χ1n) is 7.35. The predicted molar refractivity (Wildman–Crippen MR) is 88.3 cm³/mol. The third-order valence-corrected chi connectivity index (χ3v) is 3.98. The van der Waals surface area contributed by atoms with E-state index in [-0.39, 0.29) is 24.9 Å². The lowest BCUT2D eigenvalue weighted by molar-refractivity contribution is -0.135. The first-order chi connectivity index (χ1) is 10.3. The van der Waals surface area contributed by atoms with Crippen molar-refractivity contribution in [1.82, 2.24) is 4.90 Å². The molecule has 0 spiro atoms. The summed E-state index contributed by atoms with van der Waals surface area (Å²) in [5.74, 6) is 0.664. The van der Waals surface area contributed by atoms with Crippen molar-refractivity contribution in [3.05, 3.63) is 35.9 Å². The van der Waals surface area contributed by atoms with Crippen LogP contribution in [0.25, 0.3) is 0 Å². The monoisotopic (exact) mass is 328 g/mol. The highest BCUT2D eigenvalue weighted by molar-refractivity contribution is 5.85. The van der Waals surface area contributed by atoms with Crippen LogP contribution >= 0.6 is 12.4 Å². The molecular formula is C16H25ClN2O3. The number of carbonyl (C=O) groups excluding carboxylic acids is 1.